The molecule has 2 aromatic rings. The summed E-state index contributed by atoms with van der Waals surface area (Å²) in [6, 6.07) is 11.9. The van der Waals surface area contributed by atoms with Gasteiger partial charge in [-0.15, -0.1) is 0 Å². The molecule has 1 aliphatic heterocycles. The molecule has 3 amide bonds. The average Bonchev–Trinajstić information content (AvgIpc) is 3.53. The summed E-state index contributed by atoms with van der Waals surface area (Å²) in [4.78, 5) is 40.7. The lowest BCUT2D eigenvalue weighted by Gasteiger charge is -2.37. The Balaban J connectivity index is 1.28. The number of amides is 3. The second-order valence-corrected chi connectivity index (χ2v) is 10.1. The van der Waals surface area contributed by atoms with Crippen molar-refractivity contribution >= 4 is 56.6 Å². The highest BCUT2D eigenvalue weighted by molar-refractivity contribution is 9.10. The molecule has 7 rings (SSSR count). The van der Waals surface area contributed by atoms with Crippen molar-refractivity contribution in [2.24, 2.45) is 35.5 Å². The number of nitrogens with zero attached hydrogens (tertiary/aromatic N) is 1. The van der Waals surface area contributed by atoms with Crippen molar-refractivity contribution < 1.29 is 14.4 Å². The first-order chi connectivity index (χ1) is 14.9. The predicted octanol–water partition coefficient (Wildman–Crippen LogP) is 4.91. The fourth-order valence-electron chi connectivity index (χ4n) is 5.78. The number of hydrogen-bond acceptors (Lipinski definition) is 3. The molecule has 0 radical (unpaired) electrons. The molecule has 0 aromatic heterocycles. The highest BCUT2D eigenvalue weighted by atomic mass is 79.9. The Labute approximate surface area is 192 Å². The van der Waals surface area contributed by atoms with Crippen LogP contribution in [0.3, 0.4) is 0 Å². The number of allylic oxidation sites excluding steroid dienone is 2. The zero-order valence-corrected chi connectivity index (χ0v) is 18.6. The largest absolute Gasteiger partial charge is 0.321 e. The molecule has 0 spiro atoms. The van der Waals surface area contributed by atoms with Crippen LogP contribution in [0.25, 0.3) is 0 Å². The topological polar surface area (TPSA) is 66.5 Å². The Kier molecular flexibility index (Phi) is 4.21. The summed E-state index contributed by atoms with van der Waals surface area (Å²) in [6.45, 7) is 0. The quantitative estimate of drug-likeness (QED) is 0.484. The maximum atomic E-state index is 13.3. The molecule has 31 heavy (non-hydrogen) atoms. The van der Waals surface area contributed by atoms with E-state index in [1.54, 1.807) is 42.5 Å². The summed E-state index contributed by atoms with van der Waals surface area (Å²) in [5.41, 5.74) is 1.30. The van der Waals surface area contributed by atoms with Gasteiger partial charge in [0.25, 0.3) is 5.91 Å². The standard InChI is InChI=1S/C24H18BrClN2O3/c25-12-4-7-19(18(26)9-12)27-22(29)11-2-1-3-13(8-11)28-23(30)20-14-5-6-15(17-10-16(14)17)21(20)24(28)31/h1-9,14-17,20-21H,10H2,(H,27,29)/t14-,15-,16-,17-,20-,21+/m0/s1. The molecule has 2 bridgehead atoms. The molecule has 0 unspecified atom stereocenters. The molecule has 4 aliphatic carbocycles. The number of carbonyl (C=O) groups is 3. The Bertz CT molecular complexity index is 1160. The van der Waals surface area contributed by atoms with Gasteiger partial charge < -0.3 is 5.32 Å². The van der Waals surface area contributed by atoms with Crippen LogP contribution in [0.4, 0.5) is 11.4 Å². The van der Waals surface area contributed by atoms with E-state index in [1.807, 2.05) is 0 Å². The van der Waals surface area contributed by atoms with Crippen LogP contribution in [0.1, 0.15) is 16.8 Å². The summed E-state index contributed by atoms with van der Waals surface area (Å²) >= 11 is 9.54. The van der Waals surface area contributed by atoms with Crippen LogP contribution in [0.15, 0.2) is 59.1 Å². The number of halogens is 2. The van der Waals surface area contributed by atoms with E-state index < -0.39 is 0 Å². The van der Waals surface area contributed by atoms with Crippen LogP contribution >= 0.6 is 27.5 Å². The lowest BCUT2D eigenvalue weighted by Crippen LogP contribution is -2.40. The van der Waals surface area contributed by atoms with E-state index in [9.17, 15) is 14.4 Å². The van der Waals surface area contributed by atoms with Gasteiger partial charge in [-0.1, -0.05) is 45.7 Å². The van der Waals surface area contributed by atoms with Gasteiger partial charge in [-0.3, -0.25) is 14.4 Å². The molecule has 5 aliphatic rings. The Morgan fingerprint density at radius 3 is 2.32 bits per heavy atom. The van der Waals surface area contributed by atoms with Gasteiger partial charge >= 0.3 is 0 Å². The Hall–Kier alpha value is -2.44. The zero-order chi connectivity index (χ0) is 21.4. The second-order valence-electron chi connectivity index (χ2n) is 8.80. The smallest absolute Gasteiger partial charge is 0.255 e. The van der Waals surface area contributed by atoms with E-state index in [-0.39, 0.29) is 41.4 Å². The van der Waals surface area contributed by atoms with Crippen molar-refractivity contribution in [3.63, 3.8) is 0 Å². The average molecular weight is 498 g/mol. The molecule has 3 fully saturated rings. The van der Waals surface area contributed by atoms with Crippen LogP contribution in [0, 0.1) is 35.5 Å². The number of rotatable bonds is 3. The molecule has 7 heteroatoms. The van der Waals surface area contributed by atoms with E-state index in [0.29, 0.717) is 33.8 Å². The Morgan fingerprint density at radius 1 is 1.00 bits per heavy atom. The molecule has 156 valence electrons. The predicted molar refractivity (Wildman–Crippen MR) is 121 cm³/mol. The van der Waals surface area contributed by atoms with Crippen LogP contribution < -0.4 is 10.2 Å². The first-order valence-corrected chi connectivity index (χ1v) is 11.5. The first kappa shape index (κ1) is 19.3. The van der Waals surface area contributed by atoms with Gasteiger partial charge in [-0.05, 0) is 66.5 Å². The lowest BCUT2D eigenvalue weighted by molar-refractivity contribution is -0.124. The van der Waals surface area contributed by atoms with Gasteiger partial charge in [0.05, 0.1) is 28.2 Å². The third kappa shape index (κ3) is 2.84. The van der Waals surface area contributed by atoms with Crippen LogP contribution in [-0.2, 0) is 9.59 Å². The van der Waals surface area contributed by atoms with Gasteiger partial charge in [0.1, 0.15) is 0 Å². The van der Waals surface area contributed by atoms with Gasteiger partial charge in [0, 0.05) is 10.0 Å². The number of benzene rings is 2. The summed E-state index contributed by atoms with van der Waals surface area (Å²) in [5.74, 6) is 0.323. The number of hydrogen-bond donors (Lipinski definition) is 1. The second kappa shape index (κ2) is 6.78. The zero-order valence-electron chi connectivity index (χ0n) is 16.3. The third-order valence-electron chi connectivity index (χ3n) is 7.21. The maximum absolute atomic E-state index is 13.3. The third-order valence-corrected chi connectivity index (χ3v) is 8.01. The number of anilines is 2. The van der Waals surface area contributed by atoms with E-state index in [0.717, 1.165) is 10.9 Å². The molecular weight excluding hydrogens is 480 g/mol. The SMILES string of the molecule is O=C(Nc1ccc(Br)cc1Cl)c1cccc(N2C(=O)[C@@H]3[C@H]4C=C[C@@H]([C@@H]5C[C@@H]45)[C@@H]3C2=O)c1. The van der Waals surface area contributed by atoms with Crippen molar-refractivity contribution in [3.05, 3.63) is 69.7 Å². The minimum Gasteiger partial charge on any atom is -0.321 e. The molecule has 1 N–H and O–H groups in total. The van der Waals surface area contributed by atoms with Gasteiger partial charge in [0.2, 0.25) is 11.8 Å². The summed E-state index contributed by atoms with van der Waals surface area (Å²) in [5, 5.41) is 3.20. The van der Waals surface area contributed by atoms with Crippen LogP contribution in [0.5, 0.6) is 0 Å². The minimum atomic E-state index is -0.356. The molecule has 1 heterocycles. The molecule has 6 atom stereocenters. The van der Waals surface area contributed by atoms with Gasteiger partial charge in [0.15, 0.2) is 0 Å². The highest BCUT2D eigenvalue weighted by Gasteiger charge is 2.67. The number of carbonyl (C=O) groups excluding carboxylic acids is 3. The number of nitrogens with one attached hydrogen (secondary N) is 1. The Morgan fingerprint density at radius 2 is 1.68 bits per heavy atom. The van der Waals surface area contributed by atoms with E-state index in [4.69, 9.17) is 11.6 Å². The van der Waals surface area contributed by atoms with Crippen molar-refractivity contribution in [3.8, 4) is 0 Å². The molecule has 5 nitrogen and oxygen atoms in total. The first-order valence-electron chi connectivity index (χ1n) is 10.4. The van der Waals surface area contributed by atoms with Crippen molar-refractivity contribution in [2.75, 3.05) is 10.2 Å². The molecule has 2 saturated carbocycles. The highest BCUT2D eigenvalue weighted by Crippen LogP contribution is 2.65. The summed E-state index contributed by atoms with van der Waals surface area (Å²) in [7, 11) is 0. The van der Waals surface area contributed by atoms with Crippen molar-refractivity contribution in [1.29, 1.82) is 0 Å². The number of imide groups is 1. The lowest BCUT2D eigenvalue weighted by atomic mass is 9.63. The van der Waals surface area contributed by atoms with Crippen LogP contribution in [0.2, 0.25) is 5.02 Å². The fraction of sp³-hybridized carbons (Fsp3) is 0.292. The maximum Gasteiger partial charge on any atom is 0.255 e. The van der Waals surface area contributed by atoms with E-state index >= 15 is 0 Å². The minimum absolute atomic E-state index is 0.131. The molecule has 2 aromatic carbocycles. The van der Waals surface area contributed by atoms with Gasteiger partial charge in [-0.2, -0.15) is 0 Å². The van der Waals surface area contributed by atoms with Crippen molar-refractivity contribution in [1.82, 2.24) is 0 Å². The van der Waals surface area contributed by atoms with Crippen LogP contribution in [-0.4, -0.2) is 17.7 Å². The summed E-state index contributed by atoms with van der Waals surface area (Å²) in [6.07, 6.45) is 5.44. The fourth-order valence-corrected chi connectivity index (χ4v) is 6.50. The van der Waals surface area contributed by atoms with E-state index in [2.05, 4.69) is 33.4 Å². The summed E-state index contributed by atoms with van der Waals surface area (Å²) < 4.78 is 0.811. The molecular formula is C24H18BrClN2O3. The monoisotopic (exact) mass is 496 g/mol. The van der Waals surface area contributed by atoms with Gasteiger partial charge in [-0.25, -0.2) is 4.90 Å². The van der Waals surface area contributed by atoms with E-state index in [1.165, 1.54) is 4.90 Å². The normalized spacial score (nSPS) is 32.1. The van der Waals surface area contributed by atoms with Crippen molar-refractivity contribution in [2.45, 2.75) is 6.42 Å². The molecule has 1 saturated heterocycles.